The monoisotopic (exact) mass is 277 g/mol. The summed E-state index contributed by atoms with van der Waals surface area (Å²) < 4.78 is 0. The highest BCUT2D eigenvalue weighted by atomic mass is 14.8. The van der Waals surface area contributed by atoms with Gasteiger partial charge in [0.15, 0.2) is 0 Å². The molecule has 2 aromatic rings. The van der Waals surface area contributed by atoms with E-state index in [2.05, 4.69) is 63.2 Å². The predicted octanol–water partition coefficient (Wildman–Crippen LogP) is 6.04. The van der Waals surface area contributed by atoms with Gasteiger partial charge in [0.25, 0.3) is 0 Å². The maximum Gasteiger partial charge on any atom is 0.0707 e. The second-order valence-corrected chi connectivity index (χ2v) is 6.04. The molecule has 1 heterocycles. The molecule has 2 aromatic carbocycles. The van der Waals surface area contributed by atoms with Gasteiger partial charge < -0.3 is 0 Å². The Kier molecular flexibility index (Phi) is 3.92. The van der Waals surface area contributed by atoms with E-state index in [-0.39, 0.29) is 0 Å². The highest BCUT2D eigenvalue weighted by Gasteiger charge is 2.22. The molecule has 0 aliphatic carbocycles. The highest BCUT2D eigenvalue weighted by molar-refractivity contribution is 5.98. The third-order valence-electron chi connectivity index (χ3n) is 4.42. The number of fused-ring (bicyclic) bond motifs is 3. The van der Waals surface area contributed by atoms with Crippen LogP contribution >= 0.6 is 0 Å². The predicted molar refractivity (Wildman–Crippen MR) is 91.7 cm³/mol. The Morgan fingerprint density at radius 3 is 2.67 bits per heavy atom. The first-order valence-electron chi connectivity index (χ1n) is 7.98. The summed E-state index contributed by atoms with van der Waals surface area (Å²) in [6, 6.07) is 15.4. The van der Waals surface area contributed by atoms with E-state index in [0.29, 0.717) is 5.92 Å². The van der Waals surface area contributed by atoms with Crippen LogP contribution in [0.3, 0.4) is 0 Å². The molecule has 0 saturated carbocycles. The van der Waals surface area contributed by atoms with Crippen molar-refractivity contribution in [2.45, 2.75) is 46.0 Å². The average Bonchev–Trinajstić information content (AvgIpc) is 2.62. The molecule has 0 saturated heterocycles. The first-order chi connectivity index (χ1) is 10.2. The molecule has 0 amide bonds. The standard InChI is InChI=1S/C20H23N/c1-4-5-10-19-15(3)16-8-6-7-9-17(16)18-13-14(2)11-12-20(18)21-19/h6-9,11-13,15H,4-5,10H2,1-3H3/t15-/m1/s1. The summed E-state index contributed by atoms with van der Waals surface area (Å²) >= 11 is 0. The third kappa shape index (κ3) is 2.65. The van der Waals surface area contributed by atoms with Gasteiger partial charge in [0.05, 0.1) is 5.69 Å². The Morgan fingerprint density at radius 1 is 1.05 bits per heavy atom. The molecule has 1 atom stereocenters. The van der Waals surface area contributed by atoms with Crippen LogP contribution in [-0.4, -0.2) is 5.71 Å². The van der Waals surface area contributed by atoms with E-state index in [1.165, 1.54) is 40.8 Å². The minimum atomic E-state index is 0.403. The second kappa shape index (κ2) is 5.85. The van der Waals surface area contributed by atoms with Crippen LogP contribution in [0, 0.1) is 6.92 Å². The molecule has 1 aliphatic rings. The zero-order valence-corrected chi connectivity index (χ0v) is 13.2. The number of rotatable bonds is 3. The van der Waals surface area contributed by atoms with Crippen molar-refractivity contribution in [3.8, 4) is 11.1 Å². The van der Waals surface area contributed by atoms with E-state index in [0.717, 1.165) is 12.1 Å². The van der Waals surface area contributed by atoms with E-state index in [1.54, 1.807) is 0 Å². The van der Waals surface area contributed by atoms with Crippen LogP contribution in [0.15, 0.2) is 47.5 Å². The molecule has 0 spiro atoms. The lowest BCUT2D eigenvalue weighted by molar-refractivity contribution is 0.812. The van der Waals surface area contributed by atoms with E-state index in [1.807, 2.05) is 0 Å². The van der Waals surface area contributed by atoms with Crippen molar-refractivity contribution in [3.05, 3.63) is 53.6 Å². The molecule has 0 radical (unpaired) electrons. The van der Waals surface area contributed by atoms with Gasteiger partial charge in [-0.25, -0.2) is 0 Å². The smallest absolute Gasteiger partial charge is 0.0707 e. The van der Waals surface area contributed by atoms with Gasteiger partial charge in [0.1, 0.15) is 0 Å². The number of benzene rings is 2. The Morgan fingerprint density at radius 2 is 1.86 bits per heavy atom. The molecule has 1 nitrogen and oxygen atoms in total. The number of hydrogen-bond acceptors (Lipinski definition) is 1. The number of aliphatic imine (C=N–C) groups is 1. The summed E-state index contributed by atoms with van der Waals surface area (Å²) in [6.45, 7) is 6.69. The van der Waals surface area contributed by atoms with Gasteiger partial charge in [-0.3, -0.25) is 4.99 Å². The fourth-order valence-electron chi connectivity index (χ4n) is 3.14. The number of hydrogen-bond donors (Lipinski definition) is 0. The van der Waals surface area contributed by atoms with Crippen molar-refractivity contribution in [2.24, 2.45) is 4.99 Å². The maximum absolute atomic E-state index is 5.03. The van der Waals surface area contributed by atoms with Crippen molar-refractivity contribution < 1.29 is 0 Å². The summed E-state index contributed by atoms with van der Waals surface area (Å²) in [5.41, 5.74) is 7.79. The number of nitrogens with zero attached hydrogens (tertiary/aromatic N) is 1. The molecule has 21 heavy (non-hydrogen) atoms. The van der Waals surface area contributed by atoms with Gasteiger partial charge in [-0.05, 0) is 43.0 Å². The van der Waals surface area contributed by atoms with Gasteiger partial charge in [0.2, 0.25) is 0 Å². The van der Waals surface area contributed by atoms with E-state index < -0.39 is 0 Å². The summed E-state index contributed by atoms with van der Waals surface area (Å²) in [6.07, 6.45) is 3.53. The van der Waals surface area contributed by atoms with Crippen LogP contribution in [0.1, 0.15) is 50.2 Å². The molecule has 108 valence electrons. The zero-order chi connectivity index (χ0) is 14.8. The summed E-state index contributed by atoms with van der Waals surface area (Å²) in [4.78, 5) is 5.03. The largest absolute Gasteiger partial charge is 0.257 e. The molecule has 3 rings (SSSR count). The molecule has 1 aliphatic heterocycles. The molecular formula is C20H23N. The first kappa shape index (κ1) is 14.1. The molecule has 0 N–H and O–H groups in total. The van der Waals surface area contributed by atoms with Gasteiger partial charge in [0, 0.05) is 17.2 Å². The minimum Gasteiger partial charge on any atom is -0.257 e. The number of aryl methyl sites for hydroxylation is 1. The Labute approximate surface area is 127 Å². The molecular weight excluding hydrogens is 254 g/mol. The summed E-state index contributed by atoms with van der Waals surface area (Å²) in [5.74, 6) is 0.403. The van der Waals surface area contributed by atoms with Crippen LogP contribution in [0.2, 0.25) is 0 Å². The van der Waals surface area contributed by atoms with E-state index in [4.69, 9.17) is 4.99 Å². The SMILES string of the molecule is CCCCC1=Nc2ccc(C)cc2-c2ccccc2[C@H]1C. The second-order valence-electron chi connectivity index (χ2n) is 6.04. The van der Waals surface area contributed by atoms with Crippen LogP contribution in [0.25, 0.3) is 11.1 Å². The zero-order valence-electron chi connectivity index (χ0n) is 13.2. The Hall–Kier alpha value is -1.89. The lowest BCUT2D eigenvalue weighted by Crippen LogP contribution is -2.09. The topological polar surface area (TPSA) is 12.4 Å². The van der Waals surface area contributed by atoms with E-state index in [9.17, 15) is 0 Å². The quantitative estimate of drug-likeness (QED) is 0.648. The summed E-state index contributed by atoms with van der Waals surface area (Å²) in [5, 5.41) is 0. The molecule has 0 fully saturated rings. The van der Waals surface area contributed by atoms with Crippen LogP contribution in [-0.2, 0) is 0 Å². The normalized spacial score (nSPS) is 16.7. The van der Waals surface area contributed by atoms with Crippen molar-refractivity contribution in [3.63, 3.8) is 0 Å². The van der Waals surface area contributed by atoms with Crippen molar-refractivity contribution in [1.29, 1.82) is 0 Å². The van der Waals surface area contributed by atoms with Crippen molar-refractivity contribution in [2.75, 3.05) is 0 Å². The molecule has 0 aromatic heterocycles. The molecule has 1 heteroatoms. The Balaban J connectivity index is 2.20. The lowest BCUT2D eigenvalue weighted by atomic mass is 9.88. The van der Waals surface area contributed by atoms with Gasteiger partial charge >= 0.3 is 0 Å². The van der Waals surface area contributed by atoms with Gasteiger partial charge in [-0.1, -0.05) is 56.2 Å². The average molecular weight is 277 g/mol. The lowest BCUT2D eigenvalue weighted by Gasteiger charge is -2.15. The number of unbranched alkanes of at least 4 members (excludes halogenated alkanes) is 1. The minimum absolute atomic E-state index is 0.403. The van der Waals surface area contributed by atoms with Crippen LogP contribution in [0.5, 0.6) is 0 Å². The Bertz CT molecular complexity index is 682. The third-order valence-corrected chi connectivity index (χ3v) is 4.42. The van der Waals surface area contributed by atoms with Crippen LogP contribution < -0.4 is 0 Å². The fourth-order valence-corrected chi connectivity index (χ4v) is 3.14. The maximum atomic E-state index is 5.03. The fraction of sp³-hybridized carbons (Fsp3) is 0.350. The summed E-state index contributed by atoms with van der Waals surface area (Å²) in [7, 11) is 0. The molecule has 0 bridgehead atoms. The first-order valence-corrected chi connectivity index (χ1v) is 7.98. The van der Waals surface area contributed by atoms with Crippen LogP contribution in [0.4, 0.5) is 5.69 Å². The molecule has 0 unspecified atom stereocenters. The van der Waals surface area contributed by atoms with Gasteiger partial charge in [-0.2, -0.15) is 0 Å². The van der Waals surface area contributed by atoms with E-state index >= 15 is 0 Å². The highest BCUT2D eigenvalue weighted by Crippen LogP contribution is 2.40. The van der Waals surface area contributed by atoms with Crippen molar-refractivity contribution >= 4 is 11.4 Å². The van der Waals surface area contributed by atoms with Crippen molar-refractivity contribution in [1.82, 2.24) is 0 Å². The van der Waals surface area contributed by atoms with Gasteiger partial charge in [-0.15, -0.1) is 0 Å².